The van der Waals surface area contributed by atoms with Crippen molar-refractivity contribution >= 4 is 5.91 Å². The Balaban J connectivity index is 2.01. The van der Waals surface area contributed by atoms with Crippen molar-refractivity contribution < 1.29 is 13.9 Å². The van der Waals surface area contributed by atoms with E-state index in [4.69, 9.17) is 9.15 Å². The molecule has 1 aliphatic rings. The Morgan fingerprint density at radius 3 is 2.79 bits per heavy atom. The normalized spacial score (nSPS) is 20.0. The average Bonchev–Trinajstić information content (AvgIpc) is 2.97. The predicted molar refractivity (Wildman–Crippen MR) is 68.8 cm³/mol. The van der Waals surface area contributed by atoms with Gasteiger partial charge in [0.2, 0.25) is 17.7 Å². The third-order valence-corrected chi connectivity index (χ3v) is 3.24. The van der Waals surface area contributed by atoms with Gasteiger partial charge in [-0.3, -0.25) is 4.79 Å². The Morgan fingerprint density at radius 1 is 1.47 bits per heavy atom. The van der Waals surface area contributed by atoms with Gasteiger partial charge in [0.1, 0.15) is 6.61 Å². The summed E-state index contributed by atoms with van der Waals surface area (Å²) in [7, 11) is 1.53. The van der Waals surface area contributed by atoms with E-state index in [0.717, 1.165) is 13.0 Å². The molecule has 2 rings (SSSR count). The zero-order chi connectivity index (χ0) is 14.0. The summed E-state index contributed by atoms with van der Waals surface area (Å²) in [6.07, 6.45) is 0.862. The molecule has 0 N–H and O–H groups in total. The summed E-state index contributed by atoms with van der Waals surface area (Å²) in [6, 6.07) is 0. The molecule has 1 aromatic rings. The highest BCUT2D eigenvalue weighted by Crippen LogP contribution is 2.29. The van der Waals surface area contributed by atoms with E-state index in [1.807, 2.05) is 20.8 Å². The molecule has 0 unspecified atom stereocenters. The fourth-order valence-corrected chi connectivity index (χ4v) is 2.11. The van der Waals surface area contributed by atoms with Gasteiger partial charge in [0.15, 0.2) is 0 Å². The van der Waals surface area contributed by atoms with Gasteiger partial charge in [0.25, 0.3) is 0 Å². The minimum atomic E-state index is -0.143. The Hall–Kier alpha value is -1.43. The van der Waals surface area contributed by atoms with Gasteiger partial charge in [-0.15, -0.1) is 10.2 Å². The molecule has 1 aliphatic heterocycles. The van der Waals surface area contributed by atoms with Crippen LogP contribution in [0.15, 0.2) is 4.42 Å². The molecule has 1 atom stereocenters. The van der Waals surface area contributed by atoms with Crippen LogP contribution in [0.1, 0.15) is 44.9 Å². The quantitative estimate of drug-likeness (QED) is 0.826. The van der Waals surface area contributed by atoms with E-state index in [1.54, 1.807) is 4.90 Å². The molecular formula is C13H21N3O3. The molecule has 0 aliphatic carbocycles. The van der Waals surface area contributed by atoms with Crippen LogP contribution in [0.4, 0.5) is 0 Å². The molecule has 106 valence electrons. The van der Waals surface area contributed by atoms with Crippen LogP contribution in [-0.2, 0) is 14.9 Å². The van der Waals surface area contributed by atoms with Gasteiger partial charge in [0.05, 0.1) is 5.92 Å². The van der Waals surface area contributed by atoms with E-state index in [2.05, 4.69) is 10.2 Å². The highest BCUT2D eigenvalue weighted by Gasteiger charge is 2.32. The van der Waals surface area contributed by atoms with E-state index in [-0.39, 0.29) is 23.8 Å². The van der Waals surface area contributed by atoms with Crippen LogP contribution in [0, 0.1) is 0 Å². The van der Waals surface area contributed by atoms with Crippen molar-refractivity contribution in [1.29, 1.82) is 0 Å². The number of nitrogens with zero attached hydrogens (tertiary/aromatic N) is 3. The average molecular weight is 267 g/mol. The number of carbonyl (C=O) groups excluding carboxylic acids is 1. The number of methoxy groups -OCH3 is 1. The Labute approximate surface area is 113 Å². The SMILES string of the molecule is COCC(=O)N1CC[C@H](c2nnc(C(C)(C)C)o2)C1. The molecule has 1 aromatic heterocycles. The molecule has 6 heteroatoms. The maximum Gasteiger partial charge on any atom is 0.248 e. The van der Waals surface area contributed by atoms with E-state index < -0.39 is 0 Å². The highest BCUT2D eigenvalue weighted by atomic mass is 16.5. The first-order valence-electron chi connectivity index (χ1n) is 6.52. The van der Waals surface area contributed by atoms with Gasteiger partial charge in [-0.1, -0.05) is 20.8 Å². The molecule has 0 bridgehead atoms. The molecule has 2 heterocycles. The van der Waals surface area contributed by atoms with Crippen molar-refractivity contribution in [3.63, 3.8) is 0 Å². The number of amides is 1. The van der Waals surface area contributed by atoms with Gasteiger partial charge < -0.3 is 14.1 Å². The zero-order valence-corrected chi connectivity index (χ0v) is 12.0. The van der Waals surface area contributed by atoms with Gasteiger partial charge in [0, 0.05) is 25.6 Å². The molecule has 0 aromatic carbocycles. The third kappa shape index (κ3) is 3.12. The lowest BCUT2D eigenvalue weighted by Crippen LogP contribution is -2.31. The minimum absolute atomic E-state index is 0.0144. The second-order valence-corrected chi connectivity index (χ2v) is 5.95. The molecule has 1 amide bonds. The number of ether oxygens (including phenoxy) is 1. The maximum absolute atomic E-state index is 11.7. The molecule has 6 nitrogen and oxygen atoms in total. The summed E-state index contributed by atoms with van der Waals surface area (Å²) >= 11 is 0. The lowest BCUT2D eigenvalue weighted by molar-refractivity contribution is -0.134. The zero-order valence-electron chi connectivity index (χ0n) is 12.0. The summed E-state index contributed by atoms with van der Waals surface area (Å²) < 4.78 is 10.6. The Kier molecular flexibility index (Phi) is 3.89. The number of rotatable bonds is 3. The number of likely N-dealkylation sites (tertiary alicyclic amines) is 1. The summed E-state index contributed by atoms with van der Waals surface area (Å²) in [4.78, 5) is 13.5. The lowest BCUT2D eigenvalue weighted by Gasteiger charge is -2.15. The van der Waals surface area contributed by atoms with Gasteiger partial charge in [-0.2, -0.15) is 0 Å². The number of carbonyl (C=O) groups is 1. The van der Waals surface area contributed by atoms with E-state index >= 15 is 0 Å². The predicted octanol–water partition coefficient (Wildman–Crippen LogP) is 1.33. The van der Waals surface area contributed by atoms with E-state index in [9.17, 15) is 4.79 Å². The fourth-order valence-electron chi connectivity index (χ4n) is 2.11. The first-order chi connectivity index (χ1) is 8.91. The van der Waals surface area contributed by atoms with Crippen LogP contribution in [0.2, 0.25) is 0 Å². The summed E-state index contributed by atoms with van der Waals surface area (Å²) in [5.74, 6) is 1.44. The monoisotopic (exact) mass is 267 g/mol. The summed E-state index contributed by atoms with van der Waals surface area (Å²) in [6.45, 7) is 7.59. The van der Waals surface area contributed by atoms with Crippen molar-refractivity contribution in [2.45, 2.75) is 38.5 Å². The fraction of sp³-hybridized carbons (Fsp3) is 0.769. The molecule has 0 radical (unpaired) electrons. The first-order valence-corrected chi connectivity index (χ1v) is 6.52. The topological polar surface area (TPSA) is 68.5 Å². The molecule has 1 saturated heterocycles. The van der Waals surface area contributed by atoms with Crippen LogP contribution in [-0.4, -0.2) is 47.8 Å². The number of aromatic nitrogens is 2. The Bertz CT molecular complexity index is 450. The van der Waals surface area contributed by atoms with E-state index in [1.165, 1.54) is 7.11 Å². The van der Waals surface area contributed by atoms with Crippen molar-refractivity contribution in [2.24, 2.45) is 0 Å². The molecule has 19 heavy (non-hydrogen) atoms. The maximum atomic E-state index is 11.7. The smallest absolute Gasteiger partial charge is 0.248 e. The minimum Gasteiger partial charge on any atom is -0.424 e. The van der Waals surface area contributed by atoms with E-state index in [0.29, 0.717) is 18.3 Å². The van der Waals surface area contributed by atoms with Crippen LogP contribution in [0.3, 0.4) is 0 Å². The van der Waals surface area contributed by atoms with Gasteiger partial charge in [-0.25, -0.2) is 0 Å². The second kappa shape index (κ2) is 5.28. The van der Waals surface area contributed by atoms with Gasteiger partial charge in [-0.05, 0) is 6.42 Å². The highest BCUT2D eigenvalue weighted by molar-refractivity contribution is 5.77. The number of hydrogen-bond acceptors (Lipinski definition) is 5. The van der Waals surface area contributed by atoms with Crippen LogP contribution in [0.5, 0.6) is 0 Å². The molecule has 0 saturated carbocycles. The summed E-state index contributed by atoms with van der Waals surface area (Å²) in [5.41, 5.74) is -0.143. The molecule has 0 spiro atoms. The van der Waals surface area contributed by atoms with Crippen molar-refractivity contribution in [3.05, 3.63) is 11.8 Å². The largest absolute Gasteiger partial charge is 0.424 e. The second-order valence-electron chi connectivity index (χ2n) is 5.95. The standard InChI is InChI=1S/C13H21N3O3/c1-13(2,3)12-15-14-11(19-12)9-5-6-16(7-9)10(17)8-18-4/h9H,5-8H2,1-4H3/t9-/m0/s1. The van der Waals surface area contributed by atoms with Crippen molar-refractivity contribution in [1.82, 2.24) is 15.1 Å². The van der Waals surface area contributed by atoms with Crippen LogP contribution < -0.4 is 0 Å². The first kappa shape index (κ1) is 14.0. The van der Waals surface area contributed by atoms with Gasteiger partial charge >= 0.3 is 0 Å². The lowest BCUT2D eigenvalue weighted by atomic mass is 9.97. The van der Waals surface area contributed by atoms with Crippen molar-refractivity contribution in [3.8, 4) is 0 Å². The third-order valence-electron chi connectivity index (χ3n) is 3.24. The van der Waals surface area contributed by atoms with Crippen LogP contribution >= 0.6 is 0 Å². The number of hydrogen-bond donors (Lipinski definition) is 0. The van der Waals surface area contributed by atoms with Crippen LogP contribution in [0.25, 0.3) is 0 Å². The molecular weight excluding hydrogens is 246 g/mol. The Morgan fingerprint density at radius 2 is 2.21 bits per heavy atom. The van der Waals surface area contributed by atoms with Crippen molar-refractivity contribution in [2.75, 3.05) is 26.8 Å². The summed E-state index contributed by atoms with van der Waals surface area (Å²) in [5, 5.41) is 8.21. The molecule has 1 fully saturated rings.